The van der Waals surface area contributed by atoms with Crippen molar-refractivity contribution in [1.29, 1.82) is 0 Å². The van der Waals surface area contributed by atoms with E-state index in [1.165, 1.54) is 0 Å². The fourth-order valence-electron chi connectivity index (χ4n) is 5.59. The van der Waals surface area contributed by atoms with Gasteiger partial charge < -0.3 is 14.8 Å². The van der Waals surface area contributed by atoms with E-state index < -0.39 is 0 Å². The standard InChI is InChI=1S/C34H31ClN4O2/c1-2-3-21-37(34(41)36-28-13-8-11-24-10-4-5-12-27(24)28)23-32(40)39-30-15-7-6-14-29(30)38-22-9-16-31(38)33(39)25-17-19-26(35)20-18-25/h4-20,22,33H,2-3,21,23H2,1H3,(H,36,41)/t33-/m0/s1. The summed E-state index contributed by atoms with van der Waals surface area (Å²) in [4.78, 5) is 31.5. The minimum absolute atomic E-state index is 0.0598. The summed E-state index contributed by atoms with van der Waals surface area (Å²) in [6, 6.07) is 32.6. The van der Waals surface area contributed by atoms with Crippen molar-refractivity contribution >= 4 is 45.7 Å². The Labute approximate surface area is 244 Å². The number of halogens is 1. The molecule has 5 aromatic rings. The Bertz CT molecular complexity index is 1710. The number of carbonyl (C=O) groups is 2. The molecule has 0 spiro atoms. The van der Waals surface area contributed by atoms with Crippen LogP contribution in [0.1, 0.15) is 37.1 Å². The number of carbonyl (C=O) groups excluding carboxylic acids is 2. The monoisotopic (exact) mass is 562 g/mol. The molecule has 206 valence electrons. The van der Waals surface area contributed by atoms with Crippen LogP contribution in [0.5, 0.6) is 0 Å². The smallest absolute Gasteiger partial charge is 0.316 e. The molecule has 1 aromatic heterocycles. The molecule has 4 aromatic carbocycles. The fourth-order valence-corrected chi connectivity index (χ4v) is 5.72. The van der Waals surface area contributed by atoms with Crippen molar-refractivity contribution in [3.05, 3.63) is 126 Å². The SMILES string of the molecule is CCCCN(CC(=O)N1c2ccccc2-n2cccc2[C@@H]1c1ccc(Cl)cc1)C(=O)Nc1cccc2ccccc12. The van der Waals surface area contributed by atoms with Crippen LogP contribution in [0.2, 0.25) is 5.02 Å². The quantitative estimate of drug-likeness (QED) is 0.218. The van der Waals surface area contributed by atoms with Gasteiger partial charge in [-0.1, -0.05) is 85.6 Å². The number of anilines is 2. The lowest BCUT2D eigenvalue weighted by atomic mass is 9.97. The molecule has 0 fully saturated rings. The van der Waals surface area contributed by atoms with Crippen molar-refractivity contribution < 1.29 is 9.59 Å². The molecule has 7 heteroatoms. The van der Waals surface area contributed by atoms with Crippen molar-refractivity contribution in [2.75, 3.05) is 23.3 Å². The first-order valence-corrected chi connectivity index (χ1v) is 14.3. The number of hydrogen-bond donors (Lipinski definition) is 1. The van der Waals surface area contributed by atoms with Gasteiger partial charge in [0.15, 0.2) is 0 Å². The van der Waals surface area contributed by atoms with E-state index in [0.29, 0.717) is 11.6 Å². The third-order valence-corrected chi connectivity index (χ3v) is 7.85. The van der Waals surface area contributed by atoms with Gasteiger partial charge in [-0.25, -0.2) is 4.79 Å². The lowest BCUT2D eigenvalue weighted by molar-refractivity contribution is -0.119. The number of urea groups is 1. The normalized spacial score (nSPS) is 13.9. The second-order valence-corrected chi connectivity index (χ2v) is 10.7. The van der Waals surface area contributed by atoms with Gasteiger partial charge in [-0.15, -0.1) is 0 Å². The molecular formula is C34H31ClN4O2. The van der Waals surface area contributed by atoms with Crippen LogP contribution in [0.25, 0.3) is 16.5 Å². The average Bonchev–Trinajstić information content (AvgIpc) is 3.49. The number of amides is 3. The maximum Gasteiger partial charge on any atom is 0.322 e. The molecule has 6 rings (SSSR count). The molecule has 1 aliphatic rings. The zero-order valence-corrected chi connectivity index (χ0v) is 23.6. The van der Waals surface area contributed by atoms with Gasteiger partial charge in [0.1, 0.15) is 12.6 Å². The minimum Gasteiger partial charge on any atom is -0.316 e. The van der Waals surface area contributed by atoms with E-state index in [4.69, 9.17) is 11.6 Å². The molecule has 3 amide bonds. The topological polar surface area (TPSA) is 57.6 Å². The van der Waals surface area contributed by atoms with E-state index in [-0.39, 0.29) is 24.5 Å². The van der Waals surface area contributed by atoms with Gasteiger partial charge in [0, 0.05) is 23.2 Å². The first kappa shape index (κ1) is 26.7. The summed E-state index contributed by atoms with van der Waals surface area (Å²) in [5, 5.41) is 5.71. The second kappa shape index (κ2) is 11.5. The summed E-state index contributed by atoms with van der Waals surface area (Å²) in [7, 11) is 0. The van der Waals surface area contributed by atoms with Gasteiger partial charge in [0.25, 0.3) is 0 Å². The molecule has 0 saturated heterocycles. The lowest BCUT2D eigenvalue weighted by Gasteiger charge is -2.39. The van der Waals surface area contributed by atoms with Crippen molar-refractivity contribution in [3.63, 3.8) is 0 Å². The number of fused-ring (bicyclic) bond motifs is 4. The largest absolute Gasteiger partial charge is 0.322 e. The summed E-state index contributed by atoms with van der Waals surface area (Å²) < 4.78 is 2.13. The van der Waals surface area contributed by atoms with Crippen LogP contribution < -0.4 is 10.2 Å². The summed E-state index contributed by atoms with van der Waals surface area (Å²) in [5.74, 6) is -0.158. The molecule has 1 aliphatic heterocycles. The Balaban J connectivity index is 1.35. The van der Waals surface area contributed by atoms with Crippen LogP contribution in [-0.2, 0) is 4.79 Å². The van der Waals surface area contributed by atoms with Crippen LogP contribution in [0.3, 0.4) is 0 Å². The predicted octanol–water partition coefficient (Wildman–Crippen LogP) is 8.05. The van der Waals surface area contributed by atoms with Gasteiger partial charge >= 0.3 is 6.03 Å². The summed E-state index contributed by atoms with van der Waals surface area (Å²) >= 11 is 6.23. The van der Waals surface area contributed by atoms with Gasteiger partial charge in [-0.05, 0) is 59.8 Å². The fraction of sp³-hybridized carbons (Fsp3) is 0.176. The highest BCUT2D eigenvalue weighted by molar-refractivity contribution is 6.30. The Morgan fingerprint density at radius 3 is 2.39 bits per heavy atom. The number of aromatic nitrogens is 1. The van der Waals surface area contributed by atoms with E-state index in [2.05, 4.69) is 16.8 Å². The Morgan fingerprint density at radius 2 is 1.59 bits per heavy atom. The number of unbranched alkanes of at least 4 members (excludes halogenated alkanes) is 1. The Hall–Kier alpha value is -4.55. The number of para-hydroxylation sites is 2. The van der Waals surface area contributed by atoms with Crippen molar-refractivity contribution in [1.82, 2.24) is 9.47 Å². The zero-order valence-electron chi connectivity index (χ0n) is 22.8. The molecule has 6 nitrogen and oxygen atoms in total. The average molecular weight is 563 g/mol. The molecule has 0 saturated carbocycles. The molecule has 0 radical (unpaired) electrons. The predicted molar refractivity (Wildman–Crippen MR) is 166 cm³/mol. The van der Waals surface area contributed by atoms with Crippen LogP contribution >= 0.6 is 11.6 Å². The maximum atomic E-state index is 14.4. The summed E-state index contributed by atoms with van der Waals surface area (Å²) in [6.07, 6.45) is 3.71. The molecule has 0 aliphatic carbocycles. The Morgan fingerprint density at radius 1 is 0.854 bits per heavy atom. The molecule has 2 heterocycles. The molecule has 1 atom stereocenters. The lowest BCUT2D eigenvalue weighted by Crippen LogP contribution is -2.48. The number of hydrogen-bond acceptors (Lipinski definition) is 2. The van der Waals surface area contributed by atoms with E-state index in [0.717, 1.165) is 51.9 Å². The maximum absolute atomic E-state index is 14.4. The molecular weight excluding hydrogens is 532 g/mol. The van der Waals surface area contributed by atoms with Crippen LogP contribution in [0, 0.1) is 0 Å². The minimum atomic E-state index is -0.376. The highest BCUT2D eigenvalue weighted by Gasteiger charge is 2.37. The summed E-state index contributed by atoms with van der Waals surface area (Å²) in [5.41, 5.74) is 4.36. The van der Waals surface area contributed by atoms with Gasteiger partial charge in [-0.2, -0.15) is 0 Å². The van der Waals surface area contributed by atoms with Gasteiger partial charge in [-0.3, -0.25) is 9.69 Å². The zero-order chi connectivity index (χ0) is 28.3. The number of nitrogens with zero attached hydrogens (tertiary/aromatic N) is 3. The molecule has 41 heavy (non-hydrogen) atoms. The first-order valence-electron chi connectivity index (χ1n) is 13.9. The second-order valence-electron chi connectivity index (χ2n) is 10.2. The van der Waals surface area contributed by atoms with Crippen LogP contribution in [0.15, 0.2) is 109 Å². The van der Waals surface area contributed by atoms with E-state index in [1.807, 2.05) is 114 Å². The first-order chi connectivity index (χ1) is 20.0. The number of rotatable bonds is 7. The van der Waals surface area contributed by atoms with E-state index in [9.17, 15) is 9.59 Å². The third-order valence-electron chi connectivity index (χ3n) is 7.60. The van der Waals surface area contributed by atoms with E-state index in [1.54, 1.807) is 4.90 Å². The third kappa shape index (κ3) is 5.19. The van der Waals surface area contributed by atoms with Gasteiger partial charge in [0.2, 0.25) is 5.91 Å². The number of benzene rings is 4. The molecule has 0 unspecified atom stereocenters. The van der Waals surface area contributed by atoms with Crippen molar-refractivity contribution in [2.24, 2.45) is 0 Å². The summed E-state index contributed by atoms with van der Waals surface area (Å²) in [6.45, 7) is 2.49. The highest BCUT2D eigenvalue weighted by atomic mass is 35.5. The Kier molecular flexibility index (Phi) is 7.49. The van der Waals surface area contributed by atoms with Crippen LogP contribution in [0.4, 0.5) is 16.2 Å². The van der Waals surface area contributed by atoms with Crippen LogP contribution in [-0.4, -0.2) is 34.5 Å². The van der Waals surface area contributed by atoms with Crippen molar-refractivity contribution in [2.45, 2.75) is 25.8 Å². The van der Waals surface area contributed by atoms with Crippen molar-refractivity contribution in [3.8, 4) is 5.69 Å². The highest BCUT2D eigenvalue weighted by Crippen LogP contribution is 2.42. The molecule has 1 N–H and O–H groups in total. The molecule has 0 bridgehead atoms. The number of nitrogens with one attached hydrogen (secondary N) is 1. The van der Waals surface area contributed by atoms with Gasteiger partial charge in [0.05, 0.1) is 22.8 Å². The van der Waals surface area contributed by atoms with E-state index >= 15 is 0 Å².